The fourth-order valence-electron chi connectivity index (χ4n) is 2.62. The Bertz CT molecular complexity index is 948. The number of carbonyl (C=O) groups is 2. The van der Waals surface area contributed by atoms with E-state index in [-0.39, 0.29) is 29.6 Å². The largest absolute Gasteiger partial charge is 0.444 e. The number of nitrogens with zero attached hydrogens (tertiary/aromatic N) is 3. The lowest BCUT2D eigenvalue weighted by Gasteiger charge is -2.27. The Morgan fingerprint density at radius 3 is 2.56 bits per heavy atom. The van der Waals surface area contributed by atoms with E-state index < -0.39 is 22.1 Å². The second kappa shape index (κ2) is 7.36. The van der Waals surface area contributed by atoms with Gasteiger partial charge in [-0.25, -0.2) is 13.2 Å². The van der Waals surface area contributed by atoms with Gasteiger partial charge in [0.2, 0.25) is 6.10 Å². The van der Waals surface area contributed by atoms with Crippen molar-refractivity contribution in [3.05, 3.63) is 59.8 Å². The predicted octanol–water partition coefficient (Wildman–Crippen LogP) is 0.857. The van der Waals surface area contributed by atoms with E-state index in [1.165, 1.54) is 23.3 Å². The molecule has 2 aliphatic rings. The normalized spacial score (nSPS) is 18.7. The molecule has 3 rings (SSSR count). The van der Waals surface area contributed by atoms with E-state index in [9.17, 15) is 18.0 Å². The number of amidine groups is 1. The van der Waals surface area contributed by atoms with Gasteiger partial charge in [-0.1, -0.05) is 30.3 Å². The van der Waals surface area contributed by atoms with Crippen LogP contribution >= 0.6 is 0 Å². The summed E-state index contributed by atoms with van der Waals surface area (Å²) in [6.07, 6.45) is 3.29. The number of amides is 1. The highest BCUT2D eigenvalue weighted by atomic mass is 32.2. The van der Waals surface area contributed by atoms with Crippen LogP contribution in [0.2, 0.25) is 0 Å². The quantitative estimate of drug-likeness (QED) is 0.709. The van der Waals surface area contributed by atoms with E-state index in [4.69, 9.17) is 4.74 Å². The monoisotopic (exact) mass is 389 g/mol. The lowest BCUT2D eigenvalue weighted by Crippen LogP contribution is -2.37. The van der Waals surface area contributed by atoms with Crippen molar-refractivity contribution in [2.75, 3.05) is 26.4 Å². The number of sulfonamides is 1. The summed E-state index contributed by atoms with van der Waals surface area (Å²) < 4.78 is 32.3. The SMILES string of the molecule is CN(C)C(=O)[C@H](OC(=O)C1=CN2CCS(=O)(=O)N=C2C=C1)c1ccccc1. The number of carbonyl (C=O) groups excluding carboxylic acids is 2. The highest BCUT2D eigenvalue weighted by Gasteiger charge is 2.30. The van der Waals surface area contributed by atoms with Crippen LogP contribution in [-0.2, 0) is 24.3 Å². The predicted molar refractivity (Wildman–Crippen MR) is 99.1 cm³/mol. The highest BCUT2D eigenvalue weighted by Crippen LogP contribution is 2.23. The first kappa shape index (κ1) is 18.8. The van der Waals surface area contributed by atoms with Crippen LogP contribution in [0.25, 0.3) is 0 Å². The molecule has 27 heavy (non-hydrogen) atoms. The zero-order valence-electron chi connectivity index (χ0n) is 14.9. The second-order valence-electron chi connectivity index (χ2n) is 6.28. The minimum atomic E-state index is -3.47. The van der Waals surface area contributed by atoms with Gasteiger partial charge in [0, 0.05) is 32.4 Å². The zero-order chi connectivity index (χ0) is 19.6. The number of hydrogen-bond donors (Lipinski definition) is 0. The van der Waals surface area contributed by atoms with Crippen LogP contribution in [-0.4, -0.2) is 62.3 Å². The first-order chi connectivity index (χ1) is 12.8. The second-order valence-corrected chi connectivity index (χ2v) is 8.03. The Kier molecular flexibility index (Phi) is 5.13. The van der Waals surface area contributed by atoms with Crippen LogP contribution in [0, 0.1) is 0 Å². The Hall–Kier alpha value is -2.94. The minimum absolute atomic E-state index is 0.130. The topological polar surface area (TPSA) is 96.4 Å². The fourth-order valence-corrected chi connectivity index (χ4v) is 3.59. The molecule has 0 unspecified atom stereocenters. The molecule has 0 spiro atoms. The van der Waals surface area contributed by atoms with Gasteiger partial charge in [-0.3, -0.25) is 4.79 Å². The number of benzene rings is 1. The van der Waals surface area contributed by atoms with Crippen LogP contribution in [0.15, 0.2) is 58.7 Å². The maximum atomic E-state index is 12.6. The van der Waals surface area contributed by atoms with E-state index in [2.05, 4.69) is 4.40 Å². The lowest BCUT2D eigenvalue weighted by atomic mass is 10.1. The molecule has 0 bridgehead atoms. The van der Waals surface area contributed by atoms with E-state index in [0.29, 0.717) is 5.56 Å². The lowest BCUT2D eigenvalue weighted by molar-refractivity contribution is -0.156. The van der Waals surface area contributed by atoms with Gasteiger partial charge >= 0.3 is 5.97 Å². The van der Waals surface area contributed by atoms with Crippen molar-refractivity contribution in [3.8, 4) is 0 Å². The molecule has 1 aromatic carbocycles. The van der Waals surface area contributed by atoms with Gasteiger partial charge in [0.05, 0.1) is 11.3 Å². The molecule has 0 aromatic heterocycles. The van der Waals surface area contributed by atoms with E-state index in [0.717, 1.165) is 0 Å². The highest BCUT2D eigenvalue weighted by molar-refractivity contribution is 7.90. The van der Waals surface area contributed by atoms with Crippen LogP contribution in [0.1, 0.15) is 11.7 Å². The molecule has 0 fully saturated rings. The third-order valence-corrected chi connectivity index (χ3v) is 5.22. The first-order valence-corrected chi connectivity index (χ1v) is 9.84. The van der Waals surface area contributed by atoms with Crippen molar-refractivity contribution in [3.63, 3.8) is 0 Å². The smallest absolute Gasteiger partial charge is 0.340 e. The van der Waals surface area contributed by atoms with Crippen molar-refractivity contribution in [1.29, 1.82) is 0 Å². The molecule has 2 aliphatic heterocycles. The first-order valence-electron chi connectivity index (χ1n) is 8.23. The summed E-state index contributed by atoms with van der Waals surface area (Å²) in [5, 5.41) is 0. The summed E-state index contributed by atoms with van der Waals surface area (Å²) >= 11 is 0. The third kappa shape index (κ3) is 4.25. The van der Waals surface area contributed by atoms with Crippen LogP contribution < -0.4 is 0 Å². The summed E-state index contributed by atoms with van der Waals surface area (Å²) in [6.45, 7) is 0.195. The number of likely N-dealkylation sites (N-methyl/N-ethyl adjacent to an activating group) is 1. The van der Waals surface area contributed by atoms with E-state index in [1.807, 2.05) is 0 Å². The molecule has 9 heteroatoms. The maximum absolute atomic E-state index is 12.6. The summed E-state index contributed by atoms with van der Waals surface area (Å²) in [6, 6.07) is 8.75. The molecule has 2 heterocycles. The average Bonchev–Trinajstić information content (AvgIpc) is 2.65. The van der Waals surface area contributed by atoms with Gasteiger partial charge in [-0.2, -0.15) is 0 Å². The maximum Gasteiger partial charge on any atom is 0.340 e. The molecule has 1 atom stereocenters. The average molecular weight is 389 g/mol. The Labute approximate surface area is 157 Å². The Morgan fingerprint density at radius 2 is 1.89 bits per heavy atom. The van der Waals surface area contributed by atoms with E-state index >= 15 is 0 Å². The van der Waals surface area contributed by atoms with Crippen molar-refractivity contribution >= 4 is 27.7 Å². The number of ether oxygens (including phenoxy) is 1. The fraction of sp³-hybridized carbons (Fsp3) is 0.278. The van der Waals surface area contributed by atoms with Crippen LogP contribution in [0.5, 0.6) is 0 Å². The van der Waals surface area contributed by atoms with Gasteiger partial charge in [-0.15, -0.1) is 4.40 Å². The summed E-state index contributed by atoms with van der Waals surface area (Å²) in [7, 11) is -0.295. The summed E-state index contributed by atoms with van der Waals surface area (Å²) in [5.41, 5.74) is 0.775. The Morgan fingerprint density at radius 1 is 1.19 bits per heavy atom. The number of hydrogen-bond acceptors (Lipinski definition) is 6. The van der Waals surface area contributed by atoms with Crippen molar-refractivity contribution < 1.29 is 22.7 Å². The molecule has 1 aromatic rings. The van der Waals surface area contributed by atoms with Crippen molar-refractivity contribution in [2.24, 2.45) is 4.40 Å². The molecule has 142 valence electrons. The molecule has 0 N–H and O–H groups in total. The third-order valence-electron chi connectivity index (χ3n) is 4.05. The number of fused-ring (bicyclic) bond motifs is 1. The zero-order valence-corrected chi connectivity index (χ0v) is 15.7. The van der Waals surface area contributed by atoms with Gasteiger partial charge < -0.3 is 14.5 Å². The number of rotatable bonds is 4. The van der Waals surface area contributed by atoms with Gasteiger partial charge in [0.15, 0.2) is 0 Å². The van der Waals surface area contributed by atoms with Gasteiger partial charge in [0.1, 0.15) is 5.84 Å². The molecule has 0 aliphatic carbocycles. The van der Waals surface area contributed by atoms with Gasteiger partial charge in [-0.05, 0) is 12.2 Å². The van der Waals surface area contributed by atoms with E-state index in [1.54, 1.807) is 49.3 Å². The molecule has 0 saturated heterocycles. The standard InChI is InChI=1S/C18H19N3O5S/c1-20(2)17(22)16(13-6-4-3-5-7-13)26-18(23)14-8-9-15-19-27(24,25)11-10-21(15)12-14/h3-9,12,16H,10-11H2,1-2H3/t16-/m1/s1. The summed E-state index contributed by atoms with van der Waals surface area (Å²) in [5.74, 6) is -0.916. The Balaban J connectivity index is 1.82. The molecule has 8 nitrogen and oxygen atoms in total. The number of esters is 1. The van der Waals surface area contributed by atoms with Crippen molar-refractivity contribution in [1.82, 2.24) is 9.80 Å². The molecule has 0 saturated carbocycles. The molecular formula is C18H19N3O5S. The van der Waals surface area contributed by atoms with Gasteiger partial charge in [0.25, 0.3) is 15.9 Å². The molecular weight excluding hydrogens is 370 g/mol. The van der Waals surface area contributed by atoms with Crippen LogP contribution in [0.4, 0.5) is 0 Å². The summed E-state index contributed by atoms with van der Waals surface area (Å²) in [4.78, 5) is 28.0. The molecule has 1 amide bonds. The van der Waals surface area contributed by atoms with Crippen molar-refractivity contribution in [2.45, 2.75) is 6.10 Å². The minimum Gasteiger partial charge on any atom is -0.444 e. The molecule has 0 radical (unpaired) electrons. The van der Waals surface area contributed by atoms with Crippen LogP contribution in [0.3, 0.4) is 0 Å².